The average Bonchev–Trinajstić information content (AvgIpc) is 3.28. The molecule has 0 saturated heterocycles. The third-order valence-electron chi connectivity index (χ3n) is 4.03. The summed E-state index contributed by atoms with van der Waals surface area (Å²) in [6.45, 7) is 1.55. The number of urea groups is 1. The molecule has 2 aromatic rings. The Labute approximate surface area is 135 Å². The molecule has 1 saturated carbocycles. The highest BCUT2D eigenvalue weighted by molar-refractivity contribution is 5.75. The van der Waals surface area contributed by atoms with E-state index in [1.807, 2.05) is 35.1 Å². The summed E-state index contributed by atoms with van der Waals surface area (Å²) in [6, 6.07) is 10.1. The summed E-state index contributed by atoms with van der Waals surface area (Å²) in [5, 5.41) is 16.3. The number of aromatic nitrogens is 2. The summed E-state index contributed by atoms with van der Waals surface area (Å²) in [4.78, 5) is 14.0. The van der Waals surface area contributed by atoms with Gasteiger partial charge in [-0.1, -0.05) is 24.3 Å². The Morgan fingerprint density at radius 3 is 2.74 bits per heavy atom. The smallest absolute Gasteiger partial charge is 0.317 e. The Balaban J connectivity index is 1.62. The maximum absolute atomic E-state index is 12.3. The monoisotopic (exact) mass is 314 g/mol. The van der Waals surface area contributed by atoms with Crippen molar-refractivity contribution in [1.82, 2.24) is 20.0 Å². The Morgan fingerprint density at radius 2 is 2.09 bits per heavy atom. The van der Waals surface area contributed by atoms with Gasteiger partial charge in [0.15, 0.2) is 0 Å². The lowest BCUT2D eigenvalue weighted by molar-refractivity contribution is 0.173. The second-order valence-corrected chi connectivity index (χ2v) is 5.78. The molecule has 0 spiro atoms. The summed E-state index contributed by atoms with van der Waals surface area (Å²) >= 11 is 0. The fraction of sp³-hybridized carbons (Fsp3) is 0.412. The maximum Gasteiger partial charge on any atom is 0.317 e. The summed E-state index contributed by atoms with van der Waals surface area (Å²) in [6.07, 6.45) is 5.74. The van der Waals surface area contributed by atoms with Gasteiger partial charge in [0.05, 0.1) is 13.2 Å². The van der Waals surface area contributed by atoms with Crippen LogP contribution in [0.1, 0.15) is 24.0 Å². The van der Waals surface area contributed by atoms with Crippen LogP contribution in [0.5, 0.6) is 0 Å². The molecule has 6 heteroatoms. The Morgan fingerprint density at radius 1 is 1.30 bits per heavy atom. The molecular weight excluding hydrogens is 292 g/mol. The first-order chi connectivity index (χ1) is 11.3. The lowest BCUT2D eigenvalue weighted by atomic mass is 10.1. The Bertz CT molecular complexity index is 638. The topological polar surface area (TPSA) is 70.4 Å². The van der Waals surface area contributed by atoms with Crippen LogP contribution in [0.2, 0.25) is 0 Å². The van der Waals surface area contributed by atoms with Crippen molar-refractivity contribution in [2.45, 2.75) is 32.0 Å². The molecule has 1 fully saturated rings. The van der Waals surface area contributed by atoms with Crippen LogP contribution in [-0.4, -0.2) is 45.0 Å². The van der Waals surface area contributed by atoms with Crippen LogP contribution in [0.3, 0.4) is 0 Å². The minimum absolute atomic E-state index is 0.000193. The second kappa shape index (κ2) is 7.28. The number of amides is 2. The van der Waals surface area contributed by atoms with Crippen LogP contribution in [0.25, 0.3) is 0 Å². The quantitative estimate of drug-likeness (QED) is 0.815. The molecule has 0 aliphatic heterocycles. The van der Waals surface area contributed by atoms with Gasteiger partial charge in [0, 0.05) is 31.5 Å². The van der Waals surface area contributed by atoms with E-state index < -0.39 is 0 Å². The molecule has 23 heavy (non-hydrogen) atoms. The molecule has 3 rings (SSSR count). The van der Waals surface area contributed by atoms with Crippen molar-refractivity contribution >= 4 is 6.03 Å². The number of hydrogen-bond donors (Lipinski definition) is 2. The highest BCUT2D eigenvalue weighted by Gasteiger charge is 2.31. The van der Waals surface area contributed by atoms with E-state index in [1.165, 1.54) is 0 Å². The van der Waals surface area contributed by atoms with Crippen molar-refractivity contribution in [1.29, 1.82) is 0 Å². The van der Waals surface area contributed by atoms with Crippen molar-refractivity contribution < 1.29 is 9.90 Å². The van der Waals surface area contributed by atoms with E-state index in [2.05, 4.69) is 16.5 Å². The van der Waals surface area contributed by atoms with Gasteiger partial charge in [-0.15, -0.1) is 0 Å². The predicted octanol–water partition coefficient (Wildman–Crippen LogP) is 1.60. The Kier molecular flexibility index (Phi) is 4.92. The van der Waals surface area contributed by atoms with Gasteiger partial charge in [0.1, 0.15) is 0 Å². The molecule has 0 bridgehead atoms. The highest BCUT2D eigenvalue weighted by Crippen LogP contribution is 2.26. The average molecular weight is 314 g/mol. The molecule has 1 aliphatic rings. The molecule has 122 valence electrons. The second-order valence-electron chi connectivity index (χ2n) is 5.78. The van der Waals surface area contributed by atoms with E-state index in [0.717, 1.165) is 24.0 Å². The van der Waals surface area contributed by atoms with E-state index in [4.69, 9.17) is 5.11 Å². The number of aliphatic hydroxyl groups excluding tert-OH is 1. The van der Waals surface area contributed by atoms with Gasteiger partial charge in [0.2, 0.25) is 0 Å². The minimum atomic E-state index is -0.101. The van der Waals surface area contributed by atoms with Gasteiger partial charge in [0.25, 0.3) is 0 Å². The van der Waals surface area contributed by atoms with E-state index >= 15 is 0 Å². The lowest BCUT2D eigenvalue weighted by Crippen LogP contribution is -2.42. The fourth-order valence-corrected chi connectivity index (χ4v) is 2.67. The standard InChI is InChI=1S/C17H22N4O2/c22-11-10-21(16-6-7-16)17(23)18-12-14-4-1-2-5-15(14)13-20-9-3-8-19-20/h1-5,8-9,16,22H,6-7,10-13H2,(H,18,23). The van der Waals surface area contributed by atoms with Crippen LogP contribution in [-0.2, 0) is 13.1 Å². The van der Waals surface area contributed by atoms with Crippen molar-refractivity contribution in [3.05, 3.63) is 53.9 Å². The highest BCUT2D eigenvalue weighted by atomic mass is 16.3. The zero-order valence-electron chi connectivity index (χ0n) is 13.1. The zero-order valence-corrected chi connectivity index (χ0v) is 13.1. The van der Waals surface area contributed by atoms with E-state index in [9.17, 15) is 4.79 Å². The number of aliphatic hydroxyl groups is 1. The molecule has 0 radical (unpaired) electrons. The molecule has 1 heterocycles. The van der Waals surface area contributed by atoms with Gasteiger partial charge in [-0.2, -0.15) is 5.10 Å². The molecule has 1 aromatic carbocycles. The molecule has 0 atom stereocenters. The molecule has 6 nitrogen and oxygen atoms in total. The summed E-state index contributed by atoms with van der Waals surface area (Å²) in [5.74, 6) is 0. The number of nitrogens with zero attached hydrogens (tertiary/aromatic N) is 3. The number of rotatable bonds is 7. The summed E-state index contributed by atoms with van der Waals surface area (Å²) < 4.78 is 1.86. The Hall–Kier alpha value is -2.34. The number of carbonyl (C=O) groups is 1. The van der Waals surface area contributed by atoms with Gasteiger partial charge in [-0.25, -0.2) is 4.79 Å². The molecule has 1 aromatic heterocycles. The van der Waals surface area contributed by atoms with Crippen LogP contribution in [0, 0.1) is 0 Å². The lowest BCUT2D eigenvalue weighted by Gasteiger charge is -2.22. The van der Waals surface area contributed by atoms with Crippen LogP contribution >= 0.6 is 0 Å². The normalized spacial score (nSPS) is 13.8. The van der Waals surface area contributed by atoms with Crippen LogP contribution in [0.4, 0.5) is 4.79 Å². The number of benzene rings is 1. The van der Waals surface area contributed by atoms with Crippen molar-refractivity contribution in [2.75, 3.05) is 13.2 Å². The first-order valence-corrected chi connectivity index (χ1v) is 7.97. The zero-order chi connectivity index (χ0) is 16.1. The van der Waals surface area contributed by atoms with Gasteiger partial charge in [-0.05, 0) is 30.0 Å². The van der Waals surface area contributed by atoms with E-state index in [0.29, 0.717) is 25.7 Å². The summed E-state index contributed by atoms with van der Waals surface area (Å²) in [5.41, 5.74) is 2.22. The molecule has 0 unspecified atom stereocenters. The third-order valence-corrected chi connectivity index (χ3v) is 4.03. The van der Waals surface area contributed by atoms with Crippen molar-refractivity contribution in [3.63, 3.8) is 0 Å². The maximum atomic E-state index is 12.3. The molecule has 2 amide bonds. The predicted molar refractivity (Wildman–Crippen MR) is 86.8 cm³/mol. The van der Waals surface area contributed by atoms with Gasteiger partial charge >= 0.3 is 6.03 Å². The minimum Gasteiger partial charge on any atom is -0.395 e. The summed E-state index contributed by atoms with van der Waals surface area (Å²) in [7, 11) is 0. The molecule has 1 aliphatic carbocycles. The number of hydrogen-bond acceptors (Lipinski definition) is 3. The van der Waals surface area contributed by atoms with Crippen LogP contribution in [0.15, 0.2) is 42.7 Å². The largest absolute Gasteiger partial charge is 0.395 e. The van der Waals surface area contributed by atoms with E-state index in [-0.39, 0.29) is 12.6 Å². The fourth-order valence-electron chi connectivity index (χ4n) is 2.67. The van der Waals surface area contributed by atoms with Gasteiger partial charge < -0.3 is 15.3 Å². The van der Waals surface area contributed by atoms with E-state index in [1.54, 1.807) is 11.1 Å². The SMILES string of the molecule is O=C(NCc1ccccc1Cn1cccn1)N(CCO)C1CC1. The van der Waals surface area contributed by atoms with Gasteiger partial charge in [-0.3, -0.25) is 4.68 Å². The number of carbonyl (C=O) groups excluding carboxylic acids is 1. The van der Waals surface area contributed by atoms with Crippen molar-refractivity contribution in [2.24, 2.45) is 0 Å². The third kappa shape index (κ3) is 4.10. The first-order valence-electron chi connectivity index (χ1n) is 7.97. The molecular formula is C17H22N4O2. The first kappa shape index (κ1) is 15.6. The number of nitrogens with one attached hydrogen (secondary N) is 1. The van der Waals surface area contributed by atoms with Crippen molar-refractivity contribution in [3.8, 4) is 0 Å². The molecule has 2 N–H and O–H groups in total. The van der Waals surface area contributed by atoms with Crippen LogP contribution < -0.4 is 5.32 Å².